The van der Waals surface area contributed by atoms with Crippen molar-refractivity contribution in [3.05, 3.63) is 175 Å². The normalized spacial score (nSPS) is 11.8. The predicted molar refractivity (Wildman–Crippen MR) is 216 cm³/mol. The van der Waals surface area contributed by atoms with E-state index >= 15 is 0 Å². The van der Waals surface area contributed by atoms with Crippen LogP contribution < -0.4 is 0 Å². The summed E-state index contributed by atoms with van der Waals surface area (Å²) in [7, 11) is 0. The van der Waals surface area contributed by atoms with E-state index in [2.05, 4.69) is 166 Å². The van der Waals surface area contributed by atoms with E-state index in [4.69, 9.17) is 6.57 Å². The molecular weight excluding hydrogens is 633 g/mol. The Bertz CT molecular complexity index is 3020. The minimum absolute atomic E-state index is 0.477. The Morgan fingerprint density at radius 3 is 1.12 bits per heavy atom. The molecule has 0 fully saturated rings. The molecule has 0 bridgehead atoms. The number of fused-ring (bicyclic) bond motifs is 14. The summed E-state index contributed by atoms with van der Waals surface area (Å²) in [5.74, 6) is 0. The summed E-state index contributed by atoms with van der Waals surface area (Å²) in [4.78, 5) is 4.18. The summed E-state index contributed by atoms with van der Waals surface area (Å²) in [5.41, 5.74) is 6.37. The fraction of sp³-hybridized carbons (Fsp3) is 0. The van der Waals surface area contributed by atoms with E-state index in [9.17, 15) is 5.26 Å². The highest BCUT2D eigenvalue weighted by Crippen LogP contribution is 2.45. The molecule has 11 aromatic rings. The van der Waals surface area contributed by atoms with Crippen molar-refractivity contribution in [3.8, 4) is 17.4 Å². The van der Waals surface area contributed by atoms with Crippen molar-refractivity contribution in [1.82, 2.24) is 9.13 Å². The van der Waals surface area contributed by atoms with E-state index in [1.165, 1.54) is 0 Å². The molecule has 52 heavy (non-hydrogen) atoms. The lowest BCUT2D eigenvalue weighted by Gasteiger charge is -2.16. The average molecular weight is 659 g/mol. The van der Waals surface area contributed by atoms with E-state index in [-0.39, 0.29) is 0 Å². The fourth-order valence-corrected chi connectivity index (χ4v) is 8.72. The lowest BCUT2D eigenvalue weighted by atomic mass is 10.00. The molecule has 0 aliphatic carbocycles. The van der Waals surface area contributed by atoms with Crippen LogP contribution in [0, 0.1) is 17.9 Å². The number of hydrogen-bond acceptors (Lipinski definition) is 1. The highest BCUT2D eigenvalue weighted by molar-refractivity contribution is 6.30. The summed E-state index contributed by atoms with van der Waals surface area (Å²) >= 11 is 0. The topological polar surface area (TPSA) is 38.0 Å². The molecule has 4 heteroatoms. The Morgan fingerprint density at radius 2 is 0.769 bits per heavy atom. The smallest absolute Gasteiger partial charge is 0.212 e. The van der Waals surface area contributed by atoms with Crippen LogP contribution in [0.4, 0.5) is 5.69 Å². The van der Waals surface area contributed by atoms with Gasteiger partial charge in [0.1, 0.15) is 6.07 Å². The maximum atomic E-state index is 10.9. The predicted octanol–water partition coefficient (Wildman–Crippen LogP) is 12.9. The molecule has 0 amide bonds. The van der Waals surface area contributed by atoms with Gasteiger partial charge in [-0.1, -0.05) is 121 Å². The quantitative estimate of drug-likeness (QED) is 0.170. The molecule has 0 saturated carbocycles. The molecule has 0 saturated heterocycles. The zero-order chi connectivity index (χ0) is 34.5. The molecule has 2 aromatic heterocycles. The Hall–Kier alpha value is -7.40. The second-order valence-corrected chi connectivity index (χ2v) is 13.5. The van der Waals surface area contributed by atoms with Crippen molar-refractivity contribution in [2.75, 3.05) is 0 Å². The Kier molecular flexibility index (Phi) is 5.77. The molecule has 0 N–H and O–H groups in total. The third kappa shape index (κ3) is 3.73. The summed E-state index contributed by atoms with van der Waals surface area (Å²) < 4.78 is 4.38. The van der Waals surface area contributed by atoms with E-state index in [0.29, 0.717) is 22.6 Å². The molecule has 4 nitrogen and oxygen atoms in total. The van der Waals surface area contributed by atoms with Crippen LogP contribution in [0.1, 0.15) is 5.56 Å². The molecule has 0 aliphatic rings. The van der Waals surface area contributed by atoms with E-state index < -0.39 is 0 Å². The van der Waals surface area contributed by atoms with Crippen molar-refractivity contribution < 1.29 is 0 Å². The van der Waals surface area contributed by atoms with Gasteiger partial charge in [-0.2, -0.15) is 5.26 Å². The summed E-state index contributed by atoms with van der Waals surface area (Å²) in [6.45, 7) is 8.58. The minimum Gasteiger partial charge on any atom is -0.319 e. The second kappa shape index (κ2) is 10.6. The standard InChI is InChI=1S/C48H26N4/c1-50-38-27-43(51-39-22-18-29-10-2-6-14-34(29)45(39)46-35-15-7-3-11-30(35)19-23-40(46)51)33(28-49)26-44(38)52-41-24-20-31-12-4-8-16-36(31)47(41)48-37-17-9-5-13-32(37)21-25-42(48)52/h2-27H. The first kappa shape index (κ1) is 28.4. The van der Waals surface area contributed by atoms with E-state index in [1.54, 1.807) is 0 Å². The molecule has 0 aliphatic heterocycles. The van der Waals surface area contributed by atoms with Crippen LogP contribution >= 0.6 is 0 Å². The van der Waals surface area contributed by atoms with Gasteiger partial charge in [-0.3, -0.25) is 0 Å². The second-order valence-electron chi connectivity index (χ2n) is 13.5. The monoisotopic (exact) mass is 658 g/mol. The third-order valence-corrected chi connectivity index (χ3v) is 10.9. The van der Waals surface area contributed by atoms with Crippen LogP contribution in [0.25, 0.3) is 103 Å². The van der Waals surface area contributed by atoms with Crippen LogP contribution in [0.5, 0.6) is 0 Å². The molecule has 238 valence electrons. The number of rotatable bonds is 2. The largest absolute Gasteiger partial charge is 0.319 e. The zero-order valence-corrected chi connectivity index (χ0v) is 27.8. The van der Waals surface area contributed by atoms with Crippen LogP contribution in [0.3, 0.4) is 0 Å². The Labute approximate surface area is 298 Å². The lowest BCUT2D eigenvalue weighted by molar-refractivity contribution is 1.14. The van der Waals surface area contributed by atoms with E-state index in [1.807, 2.05) is 12.1 Å². The van der Waals surface area contributed by atoms with Crippen LogP contribution in [0.15, 0.2) is 158 Å². The summed E-state index contributed by atoms with van der Waals surface area (Å²) in [6, 6.07) is 57.5. The lowest BCUT2D eigenvalue weighted by Crippen LogP contribution is -2.01. The van der Waals surface area contributed by atoms with Gasteiger partial charge in [0.25, 0.3) is 0 Å². The van der Waals surface area contributed by atoms with Crippen molar-refractivity contribution in [3.63, 3.8) is 0 Å². The van der Waals surface area contributed by atoms with Crippen LogP contribution in [-0.2, 0) is 0 Å². The van der Waals surface area contributed by atoms with Gasteiger partial charge in [-0.05, 0) is 79.5 Å². The number of aromatic nitrogens is 2. The molecule has 0 atom stereocenters. The van der Waals surface area contributed by atoms with Crippen LogP contribution in [-0.4, -0.2) is 9.13 Å². The maximum Gasteiger partial charge on any atom is 0.212 e. The van der Waals surface area contributed by atoms with Crippen molar-refractivity contribution >= 4 is 92.4 Å². The van der Waals surface area contributed by atoms with Gasteiger partial charge < -0.3 is 9.13 Å². The minimum atomic E-state index is 0.477. The van der Waals surface area contributed by atoms with Gasteiger partial charge >= 0.3 is 0 Å². The Morgan fingerprint density at radius 1 is 0.423 bits per heavy atom. The number of hydrogen-bond donors (Lipinski definition) is 0. The first-order chi connectivity index (χ1) is 25.7. The summed E-state index contributed by atoms with van der Waals surface area (Å²) in [5, 5.41) is 24.8. The van der Waals surface area contributed by atoms with Crippen molar-refractivity contribution in [2.24, 2.45) is 0 Å². The number of nitriles is 1. The van der Waals surface area contributed by atoms with Gasteiger partial charge in [-0.25, -0.2) is 4.85 Å². The third-order valence-electron chi connectivity index (χ3n) is 10.9. The van der Waals surface area contributed by atoms with Gasteiger partial charge in [0.05, 0.1) is 45.6 Å². The zero-order valence-electron chi connectivity index (χ0n) is 27.8. The SMILES string of the molecule is [C-]#[N+]c1cc(-n2c3ccc4ccccc4c3c3c4ccccc4ccc32)c(C#N)cc1-n1c2ccc3ccccc3c2c2c3ccccc3ccc21. The summed E-state index contributed by atoms with van der Waals surface area (Å²) in [6.07, 6.45) is 0. The molecule has 9 aromatic carbocycles. The highest BCUT2D eigenvalue weighted by Gasteiger charge is 2.23. The molecule has 0 unspecified atom stereocenters. The molecule has 2 heterocycles. The van der Waals surface area contributed by atoms with Crippen LogP contribution in [0.2, 0.25) is 0 Å². The number of benzene rings is 9. The van der Waals surface area contributed by atoms with Crippen molar-refractivity contribution in [2.45, 2.75) is 0 Å². The van der Waals surface area contributed by atoms with Gasteiger partial charge in [0, 0.05) is 21.5 Å². The first-order valence-electron chi connectivity index (χ1n) is 17.4. The average Bonchev–Trinajstić information content (AvgIpc) is 3.74. The number of nitrogens with zero attached hydrogens (tertiary/aromatic N) is 4. The van der Waals surface area contributed by atoms with Gasteiger partial charge in [-0.15, -0.1) is 0 Å². The first-order valence-corrected chi connectivity index (χ1v) is 17.4. The van der Waals surface area contributed by atoms with Gasteiger partial charge in [0.2, 0.25) is 5.69 Å². The maximum absolute atomic E-state index is 10.9. The Balaban J connectivity index is 1.28. The van der Waals surface area contributed by atoms with E-state index in [0.717, 1.165) is 86.7 Å². The molecular formula is C48H26N4. The molecule has 11 rings (SSSR count). The highest BCUT2D eigenvalue weighted by atomic mass is 15.0. The van der Waals surface area contributed by atoms with Gasteiger partial charge in [0.15, 0.2) is 0 Å². The fourth-order valence-electron chi connectivity index (χ4n) is 8.72. The molecule has 0 spiro atoms. The van der Waals surface area contributed by atoms with Crippen molar-refractivity contribution in [1.29, 1.82) is 5.26 Å². The molecule has 0 radical (unpaired) electrons.